The highest BCUT2D eigenvalue weighted by molar-refractivity contribution is 5.77. The van der Waals surface area contributed by atoms with Crippen molar-refractivity contribution in [1.82, 2.24) is 10.6 Å². The van der Waals surface area contributed by atoms with Gasteiger partial charge in [0.1, 0.15) is 0 Å². The molecule has 0 heterocycles. The van der Waals surface area contributed by atoms with Crippen molar-refractivity contribution in [3.8, 4) is 0 Å². The largest absolute Gasteiger partial charge is 0.481 e. The Kier molecular flexibility index (Phi) is 5.56. The number of amides is 2. The number of carbonyl (C=O) groups is 2. The van der Waals surface area contributed by atoms with Gasteiger partial charge >= 0.3 is 12.0 Å². The fourth-order valence-corrected chi connectivity index (χ4v) is 0.961. The summed E-state index contributed by atoms with van der Waals surface area (Å²) in [6.07, 6.45) is 2.39. The Morgan fingerprint density at radius 1 is 1.50 bits per heavy atom. The molecular formula is C11H20N2O3. The van der Waals surface area contributed by atoms with Crippen LogP contribution in [0.5, 0.6) is 0 Å². The van der Waals surface area contributed by atoms with E-state index in [1.807, 2.05) is 6.92 Å². The molecule has 0 rings (SSSR count). The molecule has 0 spiro atoms. The number of carboxylic acids is 1. The normalized spacial score (nSPS) is 12.7. The van der Waals surface area contributed by atoms with E-state index in [0.29, 0.717) is 6.42 Å². The molecule has 0 aliphatic carbocycles. The fourth-order valence-electron chi connectivity index (χ4n) is 0.961. The zero-order valence-corrected chi connectivity index (χ0v) is 10.0. The quantitative estimate of drug-likeness (QED) is 0.601. The van der Waals surface area contributed by atoms with Crippen LogP contribution in [0.3, 0.4) is 0 Å². The predicted octanol–water partition coefficient (Wildman–Crippen LogP) is 1.36. The van der Waals surface area contributed by atoms with E-state index < -0.39 is 11.4 Å². The van der Waals surface area contributed by atoms with Gasteiger partial charge in [-0.25, -0.2) is 4.79 Å². The summed E-state index contributed by atoms with van der Waals surface area (Å²) in [5.41, 5.74) is -0.959. The molecule has 1 atom stereocenters. The summed E-state index contributed by atoms with van der Waals surface area (Å²) < 4.78 is 0. The molecular weight excluding hydrogens is 208 g/mol. The lowest BCUT2D eigenvalue weighted by Crippen LogP contribution is -2.45. The molecule has 0 bridgehead atoms. The maximum atomic E-state index is 11.3. The Balaban J connectivity index is 3.99. The number of hydrogen-bond acceptors (Lipinski definition) is 2. The topological polar surface area (TPSA) is 78.4 Å². The van der Waals surface area contributed by atoms with Gasteiger partial charge in [-0.05, 0) is 27.2 Å². The van der Waals surface area contributed by atoms with Gasteiger partial charge in [-0.3, -0.25) is 4.79 Å². The maximum Gasteiger partial charge on any atom is 0.315 e. The van der Waals surface area contributed by atoms with Gasteiger partial charge in [0.15, 0.2) is 0 Å². The lowest BCUT2D eigenvalue weighted by atomic mass is 9.94. The van der Waals surface area contributed by atoms with Crippen LogP contribution in [-0.4, -0.2) is 29.7 Å². The van der Waals surface area contributed by atoms with Crippen molar-refractivity contribution in [2.24, 2.45) is 5.41 Å². The van der Waals surface area contributed by atoms with E-state index in [9.17, 15) is 9.59 Å². The summed E-state index contributed by atoms with van der Waals surface area (Å²) in [5.74, 6) is -0.938. The minimum absolute atomic E-state index is 0.00885. The van der Waals surface area contributed by atoms with Crippen LogP contribution in [0.4, 0.5) is 4.79 Å². The van der Waals surface area contributed by atoms with Crippen molar-refractivity contribution in [2.75, 3.05) is 6.54 Å². The van der Waals surface area contributed by atoms with Crippen molar-refractivity contribution < 1.29 is 14.7 Å². The molecule has 5 heteroatoms. The second-order valence-corrected chi connectivity index (χ2v) is 4.44. The Bertz CT molecular complexity index is 274. The summed E-state index contributed by atoms with van der Waals surface area (Å²) >= 11 is 0. The van der Waals surface area contributed by atoms with E-state index in [0.717, 1.165) is 0 Å². The zero-order valence-electron chi connectivity index (χ0n) is 10.0. The van der Waals surface area contributed by atoms with Crippen molar-refractivity contribution in [1.29, 1.82) is 0 Å². The fraction of sp³-hybridized carbons (Fsp3) is 0.636. The smallest absolute Gasteiger partial charge is 0.315 e. The number of urea groups is 1. The third-order valence-corrected chi connectivity index (χ3v) is 2.17. The average Bonchev–Trinajstić information content (AvgIpc) is 2.15. The van der Waals surface area contributed by atoms with Crippen LogP contribution < -0.4 is 10.6 Å². The highest BCUT2D eigenvalue weighted by atomic mass is 16.4. The summed E-state index contributed by atoms with van der Waals surface area (Å²) in [6, 6.07) is -0.367. The summed E-state index contributed by atoms with van der Waals surface area (Å²) in [5, 5.41) is 14.0. The predicted molar refractivity (Wildman–Crippen MR) is 62.2 cm³/mol. The number of rotatable bonds is 6. The van der Waals surface area contributed by atoms with Gasteiger partial charge in [0.25, 0.3) is 0 Å². The first-order chi connectivity index (χ1) is 7.29. The van der Waals surface area contributed by atoms with Gasteiger partial charge in [0.2, 0.25) is 0 Å². The van der Waals surface area contributed by atoms with E-state index in [1.165, 1.54) is 0 Å². The van der Waals surface area contributed by atoms with E-state index in [1.54, 1.807) is 19.9 Å². The van der Waals surface area contributed by atoms with E-state index in [-0.39, 0.29) is 18.6 Å². The molecule has 92 valence electrons. The minimum Gasteiger partial charge on any atom is -0.481 e. The Morgan fingerprint density at radius 2 is 2.06 bits per heavy atom. The van der Waals surface area contributed by atoms with Crippen molar-refractivity contribution >= 4 is 12.0 Å². The number of hydrogen-bond donors (Lipinski definition) is 3. The molecule has 1 unspecified atom stereocenters. The SMILES string of the molecule is C=CCC(C)NC(=O)NCC(C)(C)C(=O)O. The van der Waals surface area contributed by atoms with Crippen LogP contribution >= 0.6 is 0 Å². The van der Waals surface area contributed by atoms with Crippen LogP contribution in [0.25, 0.3) is 0 Å². The molecule has 0 fully saturated rings. The van der Waals surface area contributed by atoms with Crippen molar-refractivity contribution in [3.05, 3.63) is 12.7 Å². The number of carboxylic acid groups (broad SMARTS) is 1. The van der Waals surface area contributed by atoms with Crippen LogP contribution in [-0.2, 0) is 4.79 Å². The highest BCUT2D eigenvalue weighted by Crippen LogP contribution is 2.12. The third-order valence-electron chi connectivity index (χ3n) is 2.17. The first-order valence-corrected chi connectivity index (χ1v) is 5.18. The lowest BCUT2D eigenvalue weighted by Gasteiger charge is -2.20. The molecule has 16 heavy (non-hydrogen) atoms. The second-order valence-electron chi connectivity index (χ2n) is 4.44. The minimum atomic E-state index is -0.959. The van der Waals surface area contributed by atoms with Gasteiger partial charge in [-0.2, -0.15) is 0 Å². The van der Waals surface area contributed by atoms with Crippen molar-refractivity contribution in [2.45, 2.75) is 33.2 Å². The van der Waals surface area contributed by atoms with E-state index >= 15 is 0 Å². The van der Waals surface area contributed by atoms with Gasteiger partial charge in [-0.15, -0.1) is 6.58 Å². The molecule has 0 saturated carbocycles. The molecule has 0 aliphatic rings. The molecule has 0 aromatic rings. The standard InChI is InChI=1S/C11H20N2O3/c1-5-6-8(2)13-10(16)12-7-11(3,4)9(14)15/h5,8H,1,6-7H2,2-4H3,(H,14,15)(H2,12,13,16). The van der Waals surface area contributed by atoms with E-state index in [2.05, 4.69) is 17.2 Å². The Hall–Kier alpha value is -1.52. The van der Waals surface area contributed by atoms with Crippen LogP contribution in [0.2, 0.25) is 0 Å². The van der Waals surface area contributed by atoms with Gasteiger partial charge in [0.05, 0.1) is 5.41 Å². The Labute approximate surface area is 95.9 Å². The monoisotopic (exact) mass is 228 g/mol. The summed E-state index contributed by atoms with van der Waals surface area (Å²) in [7, 11) is 0. The number of carbonyl (C=O) groups excluding carboxylic acids is 1. The molecule has 2 amide bonds. The molecule has 0 aromatic carbocycles. The molecule has 3 N–H and O–H groups in total. The third kappa shape index (κ3) is 5.38. The van der Waals surface area contributed by atoms with Crippen LogP contribution in [0.1, 0.15) is 27.2 Å². The van der Waals surface area contributed by atoms with Crippen LogP contribution in [0, 0.1) is 5.41 Å². The molecule has 0 aromatic heterocycles. The second kappa shape index (κ2) is 6.15. The average molecular weight is 228 g/mol. The molecule has 0 radical (unpaired) electrons. The van der Waals surface area contributed by atoms with E-state index in [4.69, 9.17) is 5.11 Å². The van der Waals surface area contributed by atoms with Crippen LogP contribution in [0.15, 0.2) is 12.7 Å². The first kappa shape index (κ1) is 14.5. The summed E-state index contributed by atoms with van der Waals surface area (Å²) in [4.78, 5) is 22.1. The molecule has 5 nitrogen and oxygen atoms in total. The zero-order chi connectivity index (χ0) is 12.8. The molecule has 0 saturated heterocycles. The summed E-state index contributed by atoms with van der Waals surface area (Å²) in [6.45, 7) is 8.63. The van der Waals surface area contributed by atoms with Gasteiger partial charge in [-0.1, -0.05) is 6.08 Å². The van der Waals surface area contributed by atoms with Crippen molar-refractivity contribution in [3.63, 3.8) is 0 Å². The maximum absolute atomic E-state index is 11.3. The highest BCUT2D eigenvalue weighted by Gasteiger charge is 2.27. The number of nitrogens with one attached hydrogen (secondary N) is 2. The first-order valence-electron chi connectivity index (χ1n) is 5.18. The van der Waals surface area contributed by atoms with Gasteiger partial charge < -0.3 is 15.7 Å². The lowest BCUT2D eigenvalue weighted by molar-refractivity contribution is -0.146. The Morgan fingerprint density at radius 3 is 2.50 bits per heavy atom. The number of aliphatic carboxylic acids is 1. The molecule has 0 aliphatic heterocycles. The van der Waals surface area contributed by atoms with Gasteiger partial charge in [0, 0.05) is 12.6 Å².